The smallest absolute Gasteiger partial charge is 0.232 e. The average molecular weight is 428 g/mol. The van der Waals surface area contributed by atoms with Crippen molar-refractivity contribution in [1.29, 1.82) is 0 Å². The van der Waals surface area contributed by atoms with Crippen LogP contribution in [0.2, 0.25) is 0 Å². The molecule has 0 radical (unpaired) electrons. The van der Waals surface area contributed by atoms with Gasteiger partial charge in [-0.15, -0.1) is 10.2 Å². The standard InChI is InChI=1S/C20H25N7O2S/c21-15(6-7-17(22)24-12-28)10-13-4-5-14(9-13)19-26-27-20(30-19)25-18(29)11-16-3-1-2-8-23-16/h1-3,6-8,12-14H,4-5,9-11,21-22H2,(H,24,28)(H,25,27,29)/b15-6-,17-7+. The molecule has 3 rings (SSSR count). The normalized spacial score (nSPS) is 19.5. The fraction of sp³-hybridized carbons (Fsp3) is 0.350. The molecule has 0 aromatic carbocycles. The van der Waals surface area contributed by atoms with E-state index in [9.17, 15) is 9.59 Å². The number of nitrogens with two attached hydrogens (primary N) is 2. The van der Waals surface area contributed by atoms with Gasteiger partial charge >= 0.3 is 0 Å². The average Bonchev–Trinajstić information content (AvgIpc) is 3.37. The van der Waals surface area contributed by atoms with Crippen LogP contribution in [0.4, 0.5) is 5.13 Å². The summed E-state index contributed by atoms with van der Waals surface area (Å²) in [7, 11) is 0. The van der Waals surface area contributed by atoms with E-state index in [1.807, 2.05) is 18.2 Å². The second kappa shape index (κ2) is 10.5. The Morgan fingerprint density at radius 2 is 2.10 bits per heavy atom. The fourth-order valence-electron chi connectivity index (χ4n) is 3.48. The van der Waals surface area contributed by atoms with Crippen LogP contribution in [0.3, 0.4) is 0 Å². The number of carbonyl (C=O) groups is 2. The number of amides is 2. The summed E-state index contributed by atoms with van der Waals surface area (Å²) in [5, 5.41) is 15.0. The minimum atomic E-state index is -0.157. The highest BCUT2D eigenvalue weighted by atomic mass is 32.1. The zero-order chi connectivity index (χ0) is 21.3. The van der Waals surface area contributed by atoms with Crippen molar-refractivity contribution in [3.63, 3.8) is 0 Å². The summed E-state index contributed by atoms with van der Waals surface area (Å²) >= 11 is 1.42. The number of nitrogens with zero attached hydrogens (tertiary/aromatic N) is 3. The Balaban J connectivity index is 1.49. The van der Waals surface area contributed by atoms with E-state index in [-0.39, 0.29) is 18.1 Å². The second-order valence-electron chi connectivity index (χ2n) is 7.20. The molecule has 0 spiro atoms. The van der Waals surface area contributed by atoms with E-state index in [2.05, 4.69) is 25.8 Å². The Morgan fingerprint density at radius 3 is 2.87 bits per heavy atom. The Bertz CT molecular complexity index is 926. The van der Waals surface area contributed by atoms with Crippen LogP contribution in [0.15, 0.2) is 48.1 Å². The van der Waals surface area contributed by atoms with Crippen molar-refractivity contribution in [3.8, 4) is 0 Å². The van der Waals surface area contributed by atoms with E-state index in [0.29, 0.717) is 29.1 Å². The lowest BCUT2D eigenvalue weighted by molar-refractivity contribution is -0.115. The molecule has 2 aromatic heterocycles. The summed E-state index contributed by atoms with van der Waals surface area (Å²) in [4.78, 5) is 26.7. The van der Waals surface area contributed by atoms with E-state index in [0.717, 1.165) is 36.4 Å². The first kappa shape index (κ1) is 21.4. The highest BCUT2D eigenvalue weighted by Crippen LogP contribution is 2.41. The van der Waals surface area contributed by atoms with E-state index in [1.165, 1.54) is 11.3 Å². The van der Waals surface area contributed by atoms with Gasteiger partial charge in [-0.1, -0.05) is 17.4 Å². The molecule has 30 heavy (non-hydrogen) atoms. The van der Waals surface area contributed by atoms with Gasteiger partial charge in [0.05, 0.1) is 6.42 Å². The van der Waals surface area contributed by atoms with Crippen LogP contribution in [-0.2, 0) is 16.0 Å². The zero-order valence-electron chi connectivity index (χ0n) is 16.5. The van der Waals surface area contributed by atoms with E-state index in [1.54, 1.807) is 18.3 Å². The SMILES string of the molecule is N/C(=C\C=C(/N)NC=O)CC1CCC(c2nnc(NC(=O)Cc3ccccn3)s2)C1. The van der Waals surface area contributed by atoms with Gasteiger partial charge in [0.1, 0.15) is 10.8 Å². The molecule has 158 valence electrons. The summed E-state index contributed by atoms with van der Waals surface area (Å²) < 4.78 is 0. The van der Waals surface area contributed by atoms with Gasteiger partial charge in [-0.2, -0.15) is 0 Å². The van der Waals surface area contributed by atoms with Crippen LogP contribution in [0, 0.1) is 5.92 Å². The minimum absolute atomic E-state index is 0.157. The first-order valence-corrected chi connectivity index (χ1v) is 10.5. The Kier molecular flexibility index (Phi) is 7.50. The van der Waals surface area contributed by atoms with Gasteiger partial charge in [-0.3, -0.25) is 14.6 Å². The molecule has 1 aliphatic carbocycles. The van der Waals surface area contributed by atoms with E-state index >= 15 is 0 Å². The summed E-state index contributed by atoms with van der Waals surface area (Å²) in [6, 6.07) is 5.48. The van der Waals surface area contributed by atoms with E-state index < -0.39 is 0 Å². The lowest BCUT2D eigenvalue weighted by Crippen LogP contribution is -2.17. The number of hydrogen-bond donors (Lipinski definition) is 4. The topological polar surface area (TPSA) is 149 Å². The maximum atomic E-state index is 12.2. The molecule has 6 N–H and O–H groups in total. The first-order valence-electron chi connectivity index (χ1n) is 9.68. The van der Waals surface area contributed by atoms with Crippen molar-refractivity contribution in [2.45, 2.75) is 38.0 Å². The zero-order valence-corrected chi connectivity index (χ0v) is 17.3. The Labute approximate surface area is 178 Å². The van der Waals surface area contributed by atoms with Crippen molar-refractivity contribution in [2.75, 3.05) is 5.32 Å². The van der Waals surface area contributed by atoms with Crippen LogP contribution >= 0.6 is 11.3 Å². The third-order valence-corrected chi connectivity index (χ3v) is 5.87. The molecular weight excluding hydrogens is 402 g/mol. The van der Waals surface area contributed by atoms with Gasteiger partial charge in [-0.05, 0) is 55.9 Å². The number of allylic oxidation sites excluding steroid dienone is 3. The highest BCUT2D eigenvalue weighted by molar-refractivity contribution is 7.15. The molecule has 9 nitrogen and oxygen atoms in total. The summed E-state index contributed by atoms with van der Waals surface area (Å²) in [6.45, 7) is 0. The maximum absolute atomic E-state index is 12.2. The number of carbonyl (C=O) groups excluding carboxylic acids is 2. The number of nitrogens with one attached hydrogen (secondary N) is 2. The van der Waals surface area contributed by atoms with Crippen molar-refractivity contribution in [2.24, 2.45) is 17.4 Å². The van der Waals surface area contributed by atoms with E-state index in [4.69, 9.17) is 11.5 Å². The van der Waals surface area contributed by atoms with Crippen LogP contribution in [0.5, 0.6) is 0 Å². The van der Waals surface area contributed by atoms with Gasteiger partial charge in [0.2, 0.25) is 17.4 Å². The Morgan fingerprint density at radius 1 is 1.23 bits per heavy atom. The predicted molar refractivity (Wildman–Crippen MR) is 115 cm³/mol. The molecule has 1 aliphatic rings. The third-order valence-electron chi connectivity index (χ3n) is 4.87. The molecule has 1 saturated carbocycles. The van der Waals surface area contributed by atoms with Crippen molar-refractivity contribution in [1.82, 2.24) is 20.5 Å². The molecule has 2 unspecified atom stereocenters. The Hall–Kier alpha value is -3.27. The van der Waals surface area contributed by atoms with Gasteiger partial charge in [0, 0.05) is 23.5 Å². The van der Waals surface area contributed by atoms with Crippen LogP contribution in [-0.4, -0.2) is 27.5 Å². The van der Waals surface area contributed by atoms with Gasteiger partial charge in [-0.25, -0.2) is 0 Å². The predicted octanol–water partition coefficient (Wildman–Crippen LogP) is 1.78. The third kappa shape index (κ3) is 6.38. The fourth-order valence-corrected chi connectivity index (χ4v) is 4.39. The monoisotopic (exact) mass is 427 g/mol. The molecule has 0 aliphatic heterocycles. The summed E-state index contributed by atoms with van der Waals surface area (Å²) in [5.74, 6) is 0.865. The molecule has 2 atom stereocenters. The lowest BCUT2D eigenvalue weighted by atomic mass is 10.00. The summed E-state index contributed by atoms with van der Waals surface area (Å²) in [5.41, 5.74) is 13.1. The molecule has 2 aromatic rings. The minimum Gasteiger partial charge on any atom is -0.402 e. The van der Waals surface area contributed by atoms with Gasteiger partial charge in [0.15, 0.2) is 0 Å². The molecule has 0 bridgehead atoms. The second-order valence-corrected chi connectivity index (χ2v) is 8.21. The summed E-state index contributed by atoms with van der Waals surface area (Å²) in [6.07, 6.45) is 9.48. The van der Waals surface area contributed by atoms with Crippen molar-refractivity contribution < 1.29 is 9.59 Å². The molecule has 2 heterocycles. The molecule has 2 amide bonds. The quantitative estimate of drug-likeness (QED) is 0.352. The number of pyridine rings is 1. The van der Waals surface area contributed by atoms with Crippen molar-refractivity contribution >= 4 is 28.8 Å². The van der Waals surface area contributed by atoms with Crippen LogP contribution in [0.1, 0.15) is 42.3 Å². The van der Waals surface area contributed by atoms with Crippen molar-refractivity contribution in [3.05, 3.63) is 58.8 Å². The molecule has 1 fully saturated rings. The maximum Gasteiger partial charge on any atom is 0.232 e. The lowest BCUT2D eigenvalue weighted by Gasteiger charge is -2.09. The number of hydrogen-bond acceptors (Lipinski definition) is 8. The number of anilines is 1. The molecule has 10 heteroatoms. The molecule has 0 saturated heterocycles. The number of rotatable bonds is 9. The van der Waals surface area contributed by atoms with Crippen LogP contribution in [0.25, 0.3) is 0 Å². The number of aromatic nitrogens is 3. The largest absolute Gasteiger partial charge is 0.402 e. The van der Waals surface area contributed by atoms with Gasteiger partial charge < -0.3 is 22.1 Å². The first-order chi connectivity index (χ1) is 14.5. The van der Waals surface area contributed by atoms with Gasteiger partial charge in [0.25, 0.3) is 0 Å². The highest BCUT2D eigenvalue weighted by Gasteiger charge is 2.29. The molecular formula is C20H25N7O2S. The van der Waals surface area contributed by atoms with Crippen LogP contribution < -0.4 is 22.1 Å².